The van der Waals surface area contributed by atoms with Crippen LogP contribution in [-0.4, -0.2) is 48.4 Å². The number of ether oxygens (including phenoxy) is 2. The van der Waals surface area contributed by atoms with Gasteiger partial charge in [-0.3, -0.25) is 5.10 Å². The maximum Gasteiger partial charge on any atom is 0.412 e. The molecular weight excluding hydrogens is 339 g/mol. The summed E-state index contributed by atoms with van der Waals surface area (Å²) in [4.78, 5) is 14.0. The van der Waals surface area contributed by atoms with Crippen LogP contribution in [0.4, 0.5) is 9.18 Å². The molecule has 1 aromatic heterocycles. The maximum atomic E-state index is 13.1. The highest BCUT2D eigenvalue weighted by Crippen LogP contribution is 2.35. The summed E-state index contributed by atoms with van der Waals surface area (Å²) >= 11 is 0. The van der Waals surface area contributed by atoms with E-state index >= 15 is 0 Å². The fraction of sp³-hybridized carbons (Fsp3) is 0.222. The van der Waals surface area contributed by atoms with Gasteiger partial charge in [-0.2, -0.15) is 5.10 Å². The lowest BCUT2D eigenvalue weighted by Gasteiger charge is -2.13. The molecule has 1 heterocycles. The van der Waals surface area contributed by atoms with Crippen molar-refractivity contribution in [3.05, 3.63) is 48.4 Å². The molecule has 136 valence electrons. The Balaban J connectivity index is 1.80. The highest BCUT2D eigenvalue weighted by molar-refractivity contribution is 5.83. The summed E-state index contributed by atoms with van der Waals surface area (Å²) < 4.78 is 24.2. The molecule has 8 heteroatoms. The van der Waals surface area contributed by atoms with E-state index in [9.17, 15) is 9.18 Å². The Morgan fingerprint density at radius 1 is 1.23 bits per heavy atom. The van der Waals surface area contributed by atoms with Gasteiger partial charge in [0.2, 0.25) is 0 Å². The van der Waals surface area contributed by atoms with Crippen LogP contribution in [0.15, 0.2) is 42.6 Å². The van der Waals surface area contributed by atoms with E-state index < -0.39 is 6.09 Å². The van der Waals surface area contributed by atoms with E-state index in [0.29, 0.717) is 30.1 Å². The smallest absolute Gasteiger partial charge is 0.412 e. The number of fused-ring (bicyclic) bond motifs is 1. The number of aromatic nitrogens is 2. The third kappa shape index (κ3) is 4.48. The standard InChI is InChI=1S/C18H19FN4O3/c1-23(2)8-7-20-18(24)26-17-10-15-12(11-21-22-15)9-16(17)25-14-5-3-13(19)4-6-14/h3-6,9-11H,7-8H2,1-2H3,(H,20,24)(H,21,22). The van der Waals surface area contributed by atoms with Crippen LogP contribution in [0.25, 0.3) is 10.9 Å². The van der Waals surface area contributed by atoms with Gasteiger partial charge in [0, 0.05) is 24.5 Å². The second-order valence-corrected chi connectivity index (χ2v) is 5.93. The largest absolute Gasteiger partial charge is 0.453 e. The predicted octanol–water partition coefficient (Wildman–Crippen LogP) is 3.14. The van der Waals surface area contributed by atoms with Crippen molar-refractivity contribution in [3.8, 4) is 17.2 Å². The highest BCUT2D eigenvalue weighted by atomic mass is 19.1. The number of nitrogens with zero attached hydrogens (tertiary/aromatic N) is 2. The molecule has 3 rings (SSSR count). The van der Waals surface area contributed by atoms with Crippen LogP contribution in [-0.2, 0) is 0 Å². The molecule has 0 aliphatic heterocycles. The lowest BCUT2D eigenvalue weighted by atomic mass is 10.2. The van der Waals surface area contributed by atoms with Gasteiger partial charge in [0.1, 0.15) is 11.6 Å². The van der Waals surface area contributed by atoms with E-state index in [4.69, 9.17) is 9.47 Å². The zero-order valence-corrected chi connectivity index (χ0v) is 14.5. The van der Waals surface area contributed by atoms with E-state index in [1.54, 1.807) is 18.3 Å². The summed E-state index contributed by atoms with van der Waals surface area (Å²) in [6, 6.07) is 8.91. The number of likely N-dealkylation sites (N-methyl/N-ethyl adjacent to an activating group) is 1. The number of hydrogen-bond acceptors (Lipinski definition) is 5. The number of benzene rings is 2. The lowest BCUT2D eigenvalue weighted by molar-refractivity contribution is 0.198. The SMILES string of the molecule is CN(C)CCNC(=O)Oc1cc2[nH]ncc2cc1Oc1ccc(F)cc1. The minimum absolute atomic E-state index is 0.230. The van der Waals surface area contributed by atoms with Crippen molar-refractivity contribution >= 4 is 17.0 Å². The molecule has 0 aliphatic rings. The van der Waals surface area contributed by atoms with Crippen molar-refractivity contribution in [1.82, 2.24) is 20.4 Å². The van der Waals surface area contributed by atoms with Gasteiger partial charge in [0.25, 0.3) is 0 Å². The Morgan fingerprint density at radius 3 is 2.73 bits per heavy atom. The Bertz CT molecular complexity index is 893. The van der Waals surface area contributed by atoms with Gasteiger partial charge >= 0.3 is 6.09 Å². The van der Waals surface area contributed by atoms with Crippen LogP contribution in [0, 0.1) is 5.82 Å². The number of rotatable bonds is 6. The normalized spacial score (nSPS) is 10.9. The van der Waals surface area contributed by atoms with E-state index in [2.05, 4.69) is 15.5 Å². The molecule has 0 spiro atoms. The fourth-order valence-electron chi connectivity index (χ4n) is 2.26. The molecule has 1 amide bonds. The Morgan fingerprint density at radius 2 is 2.00 bits per heavy atom. The number of amides is 1. The monoisotopic (exact) mass is 358 g/mol. The van der Waals surface area contributed by atoms with Crippen molar-refractivity contribution in [1.29, 1.82) is 0 Å². The first kappa shape index (κ1) is 17.7. The van der Waals surface area contributed by atoms with Crippen molar-refractivity contribution in [2.45, 2.75) is 0 Å². The molecule has 26 heavy (non-hydrogen) atoms. The van der Waals surface area contributed by atoms with Crippen LogP contribution in [0.1, 0.15) is 0 Å². The van der Waals surface area contributed by atoms with Crippen LogP contribution in [0.5, 0.6) is 17.2 Å². The quantitative estimate of drug-likeness (QED) is 0.708. The van der Waals surface area contributed by atoms with Crippen molar-refractivity contribution in [3.63, 3.8) is 0 Å². The number of aromatic amines is 1. The average Bonchev–Trinajstić information content (AvgIpc) is 3.04. The summed E-state index contributed by atoms with van der Waals surface area (Å²) in [6.07, 6.45) is 1.04. The molecule has 3 aromatic rings. The number of nitrogens with one attached hydrogen (secondary N) is 2. The van der Waals surface area contributed by atoms with Crippen molar-refractivity contribution in [2.75, 3.05) is 27.2 Å². The highest BCUT2D eigenvalue weighted by Gasteiger charge is 2.14. The molecule has 7 nitrogen and oxygen atoms in total. The first-order valence-corrected chi connectivity index (χ1v) is 8.02. The van der Waals surface area contributed by atoms with Gasteiger partial charge in [0.05, 0.1) is 11.7 Å². The van der Waals surface area contributed by atoms with Gasteiger partial charge in [-0.1, -0.05) is 0 Å². The van der Waals surface area contributed by atoms with Gasteiger partial charge in [-0.25, -0.2) is 9.18 Å². The molecule has 0 unspecified atom stereocenters. The Labute approximate surface area is 149 Å². The van der Waals surface area contributed by atoms with Crippen LogP contribution >= 0.6 is 0 Å². The molecule has 0 saturated heterocycles. The minimum Gasteiger partial charge on any atom is -0.453 e. The van der Waals surface area contributed by atoms with Gasteiger partial charge < -0.3 is 19.7 Å². The maximum absolute atomic E-state index is 13.1. The van der Waals surface area contributed by atoms with E-state index in [1.165, 1.54) is 24.3 Å². The summed E-state index contributed by atoms with van der Waals surface area (Å²) in [6.45, 7) is 1.14. The molecule has 2 aromatic carbocycles. The number of halogens is 1. The van der Waals surface area contributed by atoms with Crippen LogP contribution in [0.2, 0.25) is 0 Å². The average molecular weight is 358 g/mol. The van der Waals surface area contributed by atoms with Crippen molar-refractivity contribution in [2.24, 2.45) is 0 Å². The van der Waals surface area contributed by atoms with E-state index in [0.717, 1.165) is 5.39 Å². The molecule has 0 radical (unpaired) electrons. The van der Waals surface area contributed by atoms with Crippen molar-refractivity contribution < 1.29 is 18.7 Å². The topological polar surface area (TPSA) is 79.5 Å². The van der Waals surface area contributed by atoms with Crippen LogP contribution < -0.4 is 14.8 Å². The third-order valence-corrected chi connectivity index (χ3v) is 3.58. The summed E-state index contributed by atoms with van der Waals surface area (Å²) in [5, 5.41) is 10.2. The zero-order valence-electron chi connectivity index (χ0n) is 14.5. The molecular formula is C18H19FN4O3. The molecule has 0 aliphatic carbocycles. The number of carbonyl (C=O) groups is 1. The van der Waals surface area contributed by atoms with Gasteiger partial charge in [-0.15, -0.1) is 0 Å². The number of H-pyrrole nitrogens is 1. The number of hydrogen-bond donors (Lipinski definition) is 2. The molecule has 2 N–H and O–H groups in total. The third-order valence-electron chi connectivity index (χ3n) is 3.58. The number of carbonyl (C=O) groups excluding carboxylic acids is 1. The second-order valence-electron chi connectivity index (χ2n) is 5.93. The lowest BCUT2D eigenvalue weighted by Crippen LogP contribution is -2.33. The first-order chi connectivity index (χ1) is 12.5. The van der Waals surface area contributed by atoms with Gasteiger partial charge in [0.15, 0.2) is 11.5 Å². The van der Waals surface area contributed by atoms with Gasteiger partial charge in [-0.05, 0) is 44.4 Å². The Kier molecular flexibility index (Phi) is 5.33. The molecule has 0 saturated carbocycles. The molecule has 0 bridgehead atoms. The van der Waals surface area contributed by atoms with Crippen LogP contribution in [0.3, 0.4) is 0 Å². The summed E-state index contributed by atoms with van der Waals surface area (Å²) in [7, 11) is 3.82. The predicted molar refractivity (Wildman–Crippen MR) is 95.1 cm³/mol. The summed E-state index contributed by atoms with van der Waals surface area (Å²) in [5.41, 5.74) is 0.701. The molecule has 0 fully saturated rings. The molecule has 0 atom stereocenters. The van der Waals surface area contributed by atoms with E-state index in [1.807, 2.05) is 19.0 Å². The fourth-order valence-corrected chi connectivity index (χ4v) is 2.26. The zero-order chi connectivity index (χ0) is 18.5. The summed E-state index contributed by atoms with van der Waals surface area (Å²) in [5.74, 6) is 0.619. The minimum atomic E-state index is -0.588. The second kappa shape index (κ2) is 7.83. The first-order valence-electron chi connectivity index (χ1n) is 8.02. The Hall–Kier alpha value is -3.13. The van der Waals surface area contributed by atoms with E-state index in [-0.39, 0.29) is 11.6 Å².